The lowest BCUT2D eigenvalue weighted by Gasteiger charge is -2.21. The summed E-state index contributed by atoms with van der Waals surface area (Å²) in [6, 6.07) is 16.6. The van der Waals surface area contributed by atoms with E-state index in [-0.39, 0.29) is 12.5 Å². The largest absolute Gasteiger partial charge is 0.296 e. The van der Waals surface area contributed by atoms with E-state index in [1.807, 2.05) is 42.5 Å². The van der Waals surface area contributed by atoms with Gasteiger partial charge in [-0.15, -0.1) is 6.42 Å². The van der Waals surface area contributed by atoms with Crippen molar-refractivity contribution in [3.05, 3.63) is 64.6 Å². The van der Waals surface area contributed by atoms with E-state index in [9.17, 15) is 4.79 Å². The van der Waals surface area contributed by atoms with E-state index >= 15 is 0 Å². The quantitative estimate of drug-likeness (QED) is 0.791. The van der Waals surface area contributed by atoms with Crippen LogP contribution in [0.25, 0.3) is 0 Å². The van der Waals surface area contributed by atoms with E-state index in [2.05, 4.69) is 21.9 Å². The fraction of sp³-hybridized carbons (Fsp3) is 0.0625. The Morgan fingerprint density at radius 1 is 1.11 bits per heavy atom. The van der Waals surface area contributed by atoms with Crippen LogP contribution in [0.4, 0.5) is 5.69 Å². The number of benzene rings is 2. The van der Waals surface area contributed by atoms with Crippen molar-refractivity contribution in [2.45, 2.75) is 0 Å². The Balaban J connectivity index is 2.40. The SMILES string of the molecule is C#CCN(C(=O)c1ccccc1)c1ccccc1Br. The molecule has 0 saturated heterocycles. The summed E-state index contributed by atoms with van der Waals surface area (Å²) < 4.78 is 0.842. The van der Waals surface area contributed by atoms with Gasteiger partial charge in [-0.25, -0.2) is 0 Å². The van der Waals surface area contributed by atoms with Crippen molar-refractivity contribution in [3.63, 3.8) is 0 Å². The van der Waals surface area contributed by atoms with Crippen LogP contribution in [-0.2, 0) is 0 Å². The van der Waals surface area contributed by atoms with Gasteiger partial charge in [-0.2, -0.15) is 0 Å². The molecule has 1 amide bonds. The maximum Gasteiger partial charge on any atom is 0.259 e. The summed E-state index contributed by atoms with van der Waals surface area (Å²) in [6.45, 7) is 0.232. The van der Waals surface area contributed by atoms with Gasteiger partial charge in [-0.05, 0) is 40.2 Å². The zero-order valence-corrected chi connectivity index (χ0v) is 11.8. The van der Waals surface area contributed by atoms with Gasteiger partial charge in [0.15, 0.2) is 0 Å². The monoisotopic (exact) mass is 313 g/mol. The minimum atomic E-state index is -0.106. The molecule has 0 saturated carbocycles. The van der Waals surface area contributed by atoms with Gasteiger partial charge in [-0.3, -0.25) is 9.69 Å². The molecule has 2 aromatic carbocycles. The minimum Gasteiger partial charge on any atom is -0.296 e. The van der Waals surface area contributed by atoms with Gasteiger partial charge in [-0.1, -0.05) is 36.3 Å². The normalized spacial score (nSPS) is 9.68. The number of amides is 1. The van der Waals surface area contributed by atoms with Crippen molar-refractivity contribution in [2.24, 2.45) is 0 Å². The summed E-state index contributed by atoms with van der Waals surface area (Å²) >= 11 is 3.45. The second-order valence-corrected chi connectivity index (χ2v) is 4.77. The lowest BCUT2D eigenvalue weighted by Crippen LogP contribution is -2.31. The Kier molecular flexibility index (Phi) is 4.38. The van der Waals surface area contributed by atoms with Crippen molar-refractivity contribution in [1.29, 1.82) is 0 Å². The van der Waals surface area contributed by atoms with Crippen molar-refractivity contribution >= 4 is 27.5 Å². The molecule has 0 heterocycles. The van der Waals surface area contributed by atoms with Crippen LogP contribution in [-0.4, -0.2) is 12.5 Å². The van der Waals surface area contributed by atoms with E-state index in [1.165, 1.54) is 0 Å². The summed E-state index contributed by atoms with van der Waals surface area (Å²) in [5.41, 5.74) is 1.39. The second-order valence-electron chi connectivity index (χ2n) is 3.91. The van der Waals surface area contributed by atoms with Crippen LogP contribution in [0.1, 0.15) is 10.4 Å². The first-order valence-corrected chi connectivity index (χ1v) is 6.58. The molecule has 2 aromatic rings. The number of rotatable bonds is 3. The predicted molar refractivity (Wildman–Crippen MR) is 81.1 cm³/mol. The molecule has 0 unspecified atom stereocenters. The smallest absolute Gasteiger partial charge is 0.259 e. The molecule has 0 aliphatic rings. The number of carbonyl (C=O) groups is 1. The molecule has 2 nitrogen and oxygen atoms in total. The van der Waals surface area contributed by atoms with Crippen LogP contribution < -0.4 is 4.90 Å². The predicted octanol–water partition coefficient (Wildman–Crippen LogP) is 3.73. The van der Waals surface area contributed by atoms with Gasteiger partial charge < -0.3 is 0 Å². The molecular weight excluding hydrogens is 302 g/mol. The van der Waals surface area contributed by atoms with Gasteiger partial charge >= 0.3 is 0 Å². The van der Waals surface area contributed by atoms with Crippen molar-refractivity contribution in [3.8, 4) is 12.3 Å². The summed E-state index contributed by atoms with van der Waals surface area (Å²) in [7, 11) is 0. The van der Waals surface area contributed by atoms with Crippen LogP contribution in [0.5, 0.6) is 0 Å². The first kappa shape index (κ1) is 13.4. The molecule has 0 atom stereocenters. The molecule has 0 radical (unpaired) electrons. The summed E-state index contributed by atoms with van der Waals surface area (Å²) in [5, 5.41) is 0. The topological polar surface area (TPSA) is 20.3 Å². The average molecular weight is 314 g/mol. The fourth-order valence-corrected chi connectivity index (χ4v) is 2.26. The van der Waals surface area contributed by atoms with Gasteiger partial charge in [0.25, 0.3) is 5.91 Å². The molecule has 19 heavy (non-hydrogen) atoms. The number of nitrogens with zero attached hydrogens (tertiary/aromatic N) is 1. The minimum absolute atomic E-state index is 0.106. The molecular formula is C16H12BrNO. The van der Waals surface area contributed by atoms with Crippen LogP contribution in [0.2, 0.25) is 0 Å². The molecule has 0 spiro atoms. The maximum atomic E-state index is 12.5. The van der Waals surface area contributed by atoms with E-state index in [0.717, 1.165) is 10.2 Å². The molecule has 0 N–H and O–H groups in total. The van der Waals surface area contributed by atoms with Crippen LogP contribution in [0.3, 0.4) is 0 Å². The summed E-state index contributed by atoms with van der Waals surface area (Å²) in [5.74, 6) is 2.42. The Morgan fingerprint density at radius 2 is 1.74 bits per heavy atom. The van der Waals surface area contributed by atoms with E-state index in [4.69, 9.17) is 6.42 Å². The highest BCUT2D eigenvalue weighted by Crippen LogP contribution is 2.26. The third kappa shape index (κ3) is 3.04. The van der Waals surface area contributed by atoms with Crippen LogP contribution in [0, 0.1) is 12.3 Å². The van der Waals surface area contributed by atoms with Crippen LogP contribution >= 0.6 is 15.9 Å². The Bertz CT molecular complexity index is 616. The van der Waals surface area contributed by atoms with Crippen molar-refractivity contribution in [1.82, 2.24) is 0 Å². The Hall–Kier alpha value is -2.05. The maximum absolute atomic E-state index is 12.5. The van der Waals surface area contributed by atoms with Gasteiger partial charge in [0.05, 0.1) is 12.2 Å². The fourth-order valence-electron chi connectivity index (χ4n) is 1.76. The third-order valence-electron chi connectivity index (χ3n) is 2.66. The number of halogens is 1. The number of anilines is 1. The number of hydrogen-bond donors (Lipinski definition) is 0. The Morgan fingerprint density at radius 3 is 2.37 bits per heavy atom. The van der Waals surface area contributed by atoms with Gasteiger partial charge in [0, 0.05) is 10.0 Å². The lowest BCUT2D eigenvalue weighted by molar-refractivity contribution is 0.0990. The number of terminal acetylenes is 1. The summed E-state index contributed by atoms with van der Waals surface area (Å²) in [4.78, 5) is 14.1. The van der Waals surface area contributed by atoms with E-state index in [1.54, 1.807) is 17.0 Å². The number of hydrogen-bond acceptors (Lipinski definition) is 1. The molecule has 3 heteroatoms. The number of para-hydroxylation sites is 1. The molecule has 0 aromatic heterocycles. The Labute approximate surface area is 121 Å². The standard InChI is InChI=1S/C16H12BrNO/c1-2-12-18(15-11-7-6-10-14(15)17)16(19)13-8-4-3-5-9-13/h1,3-11H,12H2. The van der Waals surface area contributed by atoms with Crippen molar-refractivity contribution in [2.75, 3.05) is 11.4 Å². The molecule has 0 fully saturated rings. The average Bonchev–Trinajstić information content (AvgIpc) is 2.46. The molecule has 0 aliphatic carbocycles. The highest BCUT2D eigenvalue weighted by Gasteiger charge is 2.18. The highest BCUT2D eigenvalue weighted by atomic mass is 79.9. The first-order chi connectivity index (χ1) is 9.24. The van der Waals surface area contributed by atoms with Gasteiger partial charge in [0.1, 0.15) is 0 Å². The second kappa shape index (κ2) is 6.21. The van der Waals surface area contributed by atoms with Gasteiger partial charge in [0.2, 0.25) is 0 Å². The third-order valence-corrected chi connectivity index (χ3v) is 3.33. The van der Waals surface area contributed by atoms with Crippen molar-refractivity contribution < 1.29 is 4.79 Å². The van der Waals surface area contributed by atoms with Crippen LogP contribution in [0.15, 0.2) is 59.1 Å². The molecule has 2 rings (SSSR count). The summed E-state index contributed by atoms with van der Waals surface area (Å²) in [6.07, 6.45) is 5.37. The first-order valence-electron chi connectivity index (χ1n) is 5.79. The molecule has 0 aliphatic heterocycles. The number of carbonyl (C=O) groups excluding carboxylic acids is 1. The highest BCUT2D eigenvalue weighted by molar-refractivity contribution is 9.10. The zero-order valence-electron chi connectivity index (χ0n) is 10.2. The zero-order chi connectivity index (χ0) is 13.7. The lowest BCUT2D eigenvalue weighted by atomic mass is 10.2. The molecule has 0 bridgehead atoms. The van der Waals surface area contributed by atoms with E-state index in [0.29, 0.717) is 5.56 Å². The molecule has 94 valence electrons. The van der Waals surface area contributed by atoms with E-state index < -0.39 is 0 Å².